The van der Waals surface area contributed by atoms with Crippen molar-refractivity contribution < 1.29 is 19.4 Å². The first-order valence-electron chi connectivity index (χ1n) is 9.41. The fourth-order valence-corrected chi connectivity index (χ4v) is 4.17. The Morgan fingerprint density at radius 3 is 2.37 bits per heavy atom. The van der Waals surface area contributed by atoms with Crippen molar-refractivity contribution >= 4 is 6.09 Å². The average molecular weight is 367 g/mol. The number of nitrogens with zero attached hydrogens (tertiary/aromatic N) is 1. The van der Waals surface area contributed by atoms with Crippen molar-refractivity contribution in [3.05, 3.63) is 71.3 Å². The normalized spacial score (nSPS) is 27.3. The van der Waals surface area contributed by atoms with Gasteiger partial charge in [0.1, 0.15) is 6.61 Å². The van der Waals surface area contributed by atoms with E-state index in [2.05, 4.69) is 0 Å². The maximum atomic E-state index is 12.7. The van der Waals surface area contributed by atoms with Gasteiger partial charge in [-0.3, -0.25) is 4.90 Å². The van der Waals surface area contributed by atoms with Gasteiger partial charge in [0.05, 0.1) is 30.9 Å². The van der Waals surface area contributed by atoms with Crippen LogP contribution in [0.1, 0.15) is 29.5 Å². The third-order valence-electron chi connectivity index (χ3n) is 5.56. The molecule has 5 heteroatoms. The molecule has 142 valence electrons. The fraction of sp³-hybridized carbons (Fsp3) is 0.409. The summed E-state index contributed by atoms with van der Waals surface area (Å²) in [5.74, 6) is 0. The van der Waals surface area contributed by atoms with Gasteiger partial charge in [0.25, 0.3) is 0 Å². The van der Waals surface area contributed by atoms with Crippen LogP contribution in [0.2, 0.25) is 0 Å². The summed E-state index contributed by atoms with van der Waals surface area (Å²) in [6, 6.07) is 17.3. The molecule has 2 aliphatic rings. The molecule has 2 aliphatic heterocycles. The zero-order valence-corrected chi connectivity index (χ0v) is 15.5. The standard InChI is InChI=1S/C22H25NO4/c1-16-7-9-18(10-8-16)22(25)11-19-14-26-15-20(12-22)23(19)21(24)27-13-17-5-3-2-4-6-17/h2-10,19-20,25H,11-15H2,1H3. The molecule has 5 nitrogen and oxygen atoms in total. The van der Waals surface area contributed by atoms with E-state index in [9.17, 15) is 9.90 Å². The molecule has 0 aromatic heterocycles. The first-order chi connectivity index (χ1) is 13.0. The van der Waals surface area contributed by atoms with Gasteiger partial charge < -0.3 is 14.6 Å². The summed E-state index contributed by atoms with van der Waals surface area (Å²) in [5.41, 5.74) is 2.08. The van der Waals surface area contributed by atoms with Crippen LogP contribution in [0.4, 0.5) is 4.79 Å². The Hall–Kier alpha value is -2.37. The van der Waals surface area contributed by atoms with Gasteiger partial charge in [0.2, 0.25) is 0 Å². The van der Waals surface area contributed by atoms with Gasteiger partial charge in [0.15, 0.2) is 0 Å². The number of aryl methyl sites for hydroxylation is 1. The van der Waals surface area contributed by atoms with Gasteiger partial charge in [-0.2, -0.15) is 0 Å². The first kappa shape index (κ1) is 18.0. The summed E-state index contributed by atoms with van der Waals surface area (Å²) in [5, 5.41) is 11.3. The number of carbonyl (C=O) groups is 1. The fourth-order valence-electron chi connectivity index (χ4n) is 4.17. The molecule has 0 saturated carbocycles. The van der Waals surface area contributed by atoms with Crippen LogP contribution >= 0.6 is 0 Å². The molecular weight excluding hydrogens is 342 g/mol. The Morgan fingerprint density at radius 1 is 1.11 bits per heavy atom. The summed E-state index contributed by atoms with van der Waals surface area (Å²) in [7, 11) is 0. The monoisotopic (exact) mass is 367 g/mol. The van der Waals surface area contributed by atoms with E-state index in [0.29, 0.717) is 26.1 Å². The highest BCUT2D eigenvalue weighted by Crippen LogP contribution is 2.41. The van der Waals surface area contributed by atoms with Crippen molar-refractivity contribution in [3.8, 4) is 0 Å². The van der Waals surface area contributed by atoms with Crippen LogP contribution in [0.15, 0.2) is 54.6 Å². The summed E-state index contributed by atoms with van der Waals surface area (Å²) >= 11 is 0. The van der Waals surface area contributed by atoms with Crippen molar-refractivity contribution in [2.24, 2.45) is 0 Å². The molecule has 0 spiro atoms. The molecule has 2 saturated heterocycles. The van der Waals surface area contributed by atoms with E-state index < -0.39 is 5.60 Å². The van der Waals surface area contributed by atoms with E-state index in [1.807, 2.05) is 61.5 Å². The summed E-state index contributed by atoms with van der Waals surface area (Å²) in [6.07, 6.45) is 0.572. The number of morpholine rings is 1. The van der Waals surface area contributed by atoms with Crippen LogP contribution in [0.3, 0.4) is 0 Å². The van der Waals surface area contributed by atoms with Crippen LogP contribution in [0.5, 0.6) is 0 Å². The molecule has 2 atom stereocenters. The molecule has 1 amide bonds. The van der Waals surface area contributed by atoms with E-state index in [1.165, 1.54) is 0 Å². The third kappa shape index (κ3) is 3.70. The molecule has 2 aromatic rings. The number of fused-ring (bicyclic) bond motifs is 2. The maximum absolute atomic E-state index is 12.7. The van der Waals surface area contributed by atoms with Crippen molar-refractivity contribution in [2.45, 2.75) is 44.1 Å². The summed E-state index contributed by atoms with van der Waals surface area (Å²) in [4.78, 5) is 14.5. The number of aliphatic hydroxyl groups is 1. The number of piperidine rings is 1. The molecule has 2 heterocycles. The smallest absolute Gasteiger partial charge is 0.410 e. The zero-order chi connectivity index (χ0) is 18.9. The number of amides is 1. The van der Waals surface area contributed by atoms with Crippen LogP contribution in [0, 0.1) is 6.92 Å². The SMILES string of the molecule is Cc1ccc(C2(O)CC3COCC(C2)N3C(=O)OCc2ccccc2)cc1. The van der Waals surface area contributed by atoms with Gasteiger partial charge in [-0.15, -0.1) is 0 Å². The van der Waals surface area contributed by atoms with Crippen LogP contribution in [-0.2, 0) is 21.7 Å². The summed E-state index contributed by atoms with van der Waals surface area (Å²) < 4.78 is 11.2. The maximum Gasteiger partial charge on any atom is 0.410 e. The number of carbonyl (C=O) groups excluding carboxylic acids is 1. The molecule has 0 aliphatic carbocycles. The van der Waals surface area contributed by atoms with Crippen LogP contribution in [0.25, 0.3) is 0 Å². The Balaban J connectivity index is 1.48. The lowest BCUT2D eigenvalue weighted by molar-refractivity contribution is -0.136. The van der Waals surface area contributed by atoms with Gasteiger partial charge in [0, 0.05) is 12.8 Å². The molecule has 1 N–H and O–H groups in total. The third-order valence-corrected chi connectivity index (χ3v) is 5.56. The highest BCUT2D eigenvalue weighted by molar-refractivity contribution is 5.69. The second-order valence-corrected chi connectivity index (χ2v) is 7.60. The molecule has 0 radical (unpaired) electrons. The van der Waals surface area contributed by atoms with Gasteiger partial charge in [-0.25, -0.2) is 4.79 Å². The lowest BCUT2D eigenvalue weighted by Gasteiger charge is -2.51. The van der Waals surface area contributed by atoms with Crippen molar-refractivity contribution in [2.75, 3.05) is 13.2 Å². The average Bonchev–Trinajstić information content (AvgIpc) is 2.67. The van der Waals surface area contributed by atoms with Crippen molar-refractivity contribution in [1.82, 2.24) is 4.90 Å². The first-order valence-corrected chi connectivity index (χ1v) is 9.41. The minimum atomic E-state index is -0.941. The second-order valence-electron chi connectivity index (χ2n) is 7.60. The lowest BCUT2D eigenvalue weighted by atomic mass is 9.77. The lowest BCUT2D eigenvalue weighted by Crippen LogP contribution is -2.62. The van der Waals surface area contributed by atoms with Crippen LogP contribution in [-0.4, -0.2) is 41.4 Å². The van der Waals surface area contributed by atoms with Gasteiger partial charge >= 0.3 is 6.09 Å². The largest absolute Gasteiger partial charge is 0.445 e. The molecular formula is C22H25NO4. The summed E-state index contributed by atoms with van der Waals surface area (Å²) in [6.45, 7) is 3.12. The topological polar surface area (TPSA) is 59.0 Å². The van der Waals surface area contributed by atoms with Crippen LogP contribution < -0.4 is 0 Å². The van der Waals surface area contributed by atoms with E-state index in [0.717, 1.165) is 16.7 Å². The zero-order valence-electron chi connectivity index (χ0n) is 15.5. The number of ether oxygens (including phenoxy) is 2. The second kappa shape index (κ2) is 7.33. The Bertz CT molecular complexity index is 776. The highest BCUT2D eigenvalue weighted by Gasteiger charge is 2.49. The number of hydrogen-bond acceptors (Lipinski definition) is 4. The number of hydrogen-bond donors (Lipinski definition) is 1. The minimum Gasteiger partial charge on any atom is -0.445 e. The molecule has 2 unspecified atom stereocenters. The van der Waals surface area contributed by atoms with E-state index in [4.69, 9.17) is 9.47 Å². The predicted molar refractivity (Wildman–Crippen MR) is 101 cm³/mol. The molecule has 27 heavy (non-hydrogen) atoms. The van der Waals surface area contributed by atoms with E-state index in [1.54, 1.807) is 4.90 Å². The number of benzene rings is 2. The Morgan fingerprint density at radius 2 is 1.74 bits per heavy atom. The highest BCUT2D eigenvalue weighted by atomic mass is 16.6. The molecule has 2 bridgehead atoms. The quantitative estimate of drug-likeness (QED) is 0.904. The van der Waals surface area contributed by atoms with Gasteiger partial charge in [-0.1, -0.05) is 60.2 Å². The predicted octanol–water partition coefficient (Wildman–Crippen LogP) is 3.38. The van der Waals surface area contributed by atoms with Crippen molar-refractivity contribution in [3.63, 3.8) is 0 Å². The van der Waals surface area contributed by atoms with E-state index >= 15 is 0 Å². The minimum absolute atomic E-state index is 0.188. The Kier molecular flexibility index (Phi) is 4.89. The molecule has 2 aromatic carbocycles. The molecule has 2 fully saturated rings. The van der Waals surface area contributed by atoms with Gasteiger partial charge in [-0.05, 0) is 18.1 Å². The van der Waals surface area contributed by atoms with Crippen molar-refractivity contribution in [1.29, 1.82) is 0 Å². The van der Waals surface area contributed by atoms with E-state index in [-0.39, 0.29) is 24.8 Å². The number of rotatable bonds is 3. The molecule has 4 rings (SSSR count). The Labute approximate surface area is 159 Å².